The van der Waals surface area contributed by atoms with Gasteiger partial charge in [0.1, 0.15) is 0 Å². The number of rotatable bonds is 8. The minimum absolute atomic E-state index is 0.00516. The van der Waals surface area contributed by atoms with Gasteiger partial charge >= 0.3 is 0 Å². The summed E-state index contributed by atoms with van der Waals surface area (Å²) in [4.78, 5) is 12.2. The van der Waals surface area contributed by atoms with Crippen molar-refractivity contribution >= 4 is 15.7 Å². The largest absolute Gasteiger partial charge is 0.350 e. The summed E-state index contributed by atoms with van der Waals surface area (Å²) in [5, 5.41) is 3.00. The molecule has 0 heterocycles. The second kappa shape index (κ2) is 10.1. The predicted octanol–water partition coefficient (Wildman–Crippen LogP) is 5.17. The zero-order valence-electron chi connectivity index (χ0n) is 18.8. The Morgan fingerprint density at radius 1 is 1.07 bits per heavy atom. The highest BCUT2D eigenvalue weighted by atomic mass is 32.2. The van der Waals surface area contributed by atoms with Gasteiger partial charge in [0.2, 0.25) is 0 Å². The Morgan fingerprint density at radius 3 is 2.14 bits per heavy atom. The van der Waals surface area contributed by atoms with Gasteiger partial charge in [0, 0.05) is 11.6 Å². The number of hydrogen-bond acceptors (Lipinski definition) is 3. The van der Waals surface area contributed by atoms with Crippen molar-refractivity contribution in [3.63, 3.8) is 0 Å². The van der Waals surface area contributed by atoms with E-state index in [1.165, 1.54) is 5.56 Å². The van der Waals surface area contributed by atoms with Crippen LogP contribution in [0.5, 0.6) is 0 Å². The standard InChI is InChI=1S/C24H39NO3S/c1-6-18(2)25-23(26)22-15-13-20(14-16-22)8-7-19-9-11-21(12-10-19)17-29(27,28)24(3,4)5/h13-16,18-19,21H,6-12,17H2,1-5H3,(H,25,26). The summed E-state index contributed by atoms with van der Waals surface area (Å²) in [5.41, 5.74) is 1.98. The molecule has 1 saturated carbocycles. The molecule has 29 heavy (non-hydrogen) atoms. The maximum absolute atomic E-state index is 12.4. The van der Waals surface area contributed by atoms with Crippen LogP contribution in [-0.4, -0.2) is 30.9 Å². The molecular weight excluding hydrogens is 382 g/mol. The fourth-order valence-electron chi connectivity index (χ4n) is 3.85. The maximum atomic E-state index is 12.4. The van der Waals surface area contributed by atoms with Crippen LogP contribution in [0.25, 0.3) is 0 Å². The molecule has 1 aromatic rings. The highest BCUT2D eigenvalue weighted by Gasteiger charge is 2.33. The second-order valence-electron chi connectivity index (χ2n) is 9.80. The highest BCUT2D eigenvalue weighted by Crippen LogP contribution is 2.34. The van der Waals surface area contributed by atoms with E-state index in [2.05, 4.69) is 24.4 Å². The molecule has 4 nitrogen and oxygen atoms in total. The summed E-state index contributed by atoms with van der Waals surface area (Å²) in [6, 6.07) is 8.15. The van der Waals surface area contributed by atoms with Gasteiger partial charge in [-0.25, -0.2) is 8.42 Å². The van der Waals surface area contributed by atoms with E-state index in [4.69, 9.17) is 0 Å². The molecule has 0 aromatic heterocycles. The minimum atomic E-state index is -3.02. The number of amides is 1. The first kappa shape index (κ1) is 23.9. The van der Waals surface area contributed by atoms with E-state index in [0.717, 1.165) is 50.5 Å². The van der Waals surface area contributed by atoms with Crippen LogP contribution in [0.4, 0.5) is 0 Å². The normalized spacial score (nSPS) is 21.6. The first-order chi connectivity index (χ1) is 13.5. The van der Waals surface area contributed by atoms with Gasteiger partial charge in [0.05, 0.1) is 10.5 Å². The van der Waals surface area contributed by atoms with Gasteiger partial charge in [-0.15, -0.1) is 0 Å². The average molecular weight is 422 g/mol. The number of benzene rings is 1. The highest BCUT2D eigenvalue weighted by molar-refractivity contribution is 7.92. The molecule has 0 spiro atoms. The van der Waals surface area contributed by atoms with Gasteiger partial charge in [-0.05, 0) is 89.3 Å². The van der Waals surface area contributed by atoms with Crippen LogP contribution in [-0.2, 0) is 16.3 Å². The van der Waals surface area contributed by atoms with Crippen molar-refractivity contribution in [2.45, 2.75) is 90.4 Å². The van der Waals surface area contributed by atoms with Crippen molar-refractivity contribution in [2.24, 2.45) is 11.8 Å². The molecular formula is C24H39NO3S. The van der Waals surface area contributed by atoms with Crippen molar-refractivity contribution in [3.8, 4) is 0 Å². The zero-order valence-corrected chi connectivity index (χ0v) is 19.6. The molecule has 0 aliphatic heterocycles. The quantitative estimate of drug-likeness (QED) is 0.630. The van der Waals surface area contributed by atoms with Crippen molar-refractivity contribution in [3.05, 3.63) is 35.4 Å². The van der Waals surface area contributed by atoms with E-state index in [-0.39, 0.29) is 11.9 Å². The summed E-state index contributed by atoms with van der Waals surface area (Å²) in [6.07, 6.45) is 7.37. The summed E-state index contributed by atoms with van der Waals surface area (Å²) < 4.78 is 24.2. The summed E-state index contributed by atoms with van der Waals surface area (Å²) >= 11 is 0. The molecule has 5 heteroatoms. The van der Waals surface area contributed by atoms with E-state index < -0.39 is 14.6 Å². The molecule has 1 N–H and O–H groups in total. The van der Waals surface area contributed by atoms with E-state index in [1.54, 1.807) is 20.8 Å². The lowest BCUT2D eigenvalue weighted by Crippen LogP contribution is -2.34. The number of nitrogens with one attached hydrogen (secondary N) is 1. The zero-order chi connectivity index (χ0) is 21.7. The van der Waals surface area contributed by atoms with Crippen LogP contribution in [0.2, 0.25) is 0 Å². The maximum Gasteiger partial charge on any atom is 0.251 e. The van der Waals surface area contributed by atoms with Gasteiger partial charge in [-0.2, -0.15) is 0 Å². The van der Waals surface area contributed by atoms with E-state index in [0.29, 0.717) is 17.6 Å². The molecule has 164 valence electrons. The number of aryl methyl sites for hydroxylation is 1. The number of carbonyl (C=O) groups excluding carboxylic acids is 1. The Morgan fingerprint density at radius 2 is 1.62 bits per heavy atom. The summed E-state index contributed by atoms with van der Waals surface area (Å²) in [7, 11) is -3.02. The summed E-state index contributed by atoms with van der Waals surface area (Å²) in [5.74, 6) is 1.33. The Kier molecular flexibility index (Phi) is 8.33. The van der Waals surface area contributed by atoms with Crippen molar-refractivity contribution in [2.75, 3.05) is 5.75 Å². The molecule has 1 atom stereocenters. The van der Waals surface area contributed by atoms with Gasteiger partial charge in [-0.3, -0.25) is 4.79 Å². The minimum Gasteiger partial charge on any atom is -0.350 e. The smallest absolute Gasteiger partial charge is 0.251 e. The van der Waals surface area contributed by atoms with Crippen molar-refractivity contribution < 1.29 is 13.2 Å². The number of carbonyl (C=O) groups is 1. The van der Waals surface area contributed by atoms with Crippen LogP contribution >= 0.6 is 0 Å². The molecule has 1 unspecified atom stereocenters. The molecule has 1 fully saturated rings. The number of sulfone groups is 1. The predicted molar refractivity (Wildman–Crippen MR) is 121 cm³/mol. The average Bonchev–Trinajstić information content (AvgIpc) is 2.66. The first-order valence-electron chi connectivity index (χ1n) is 11.1. The molecule has 0 radical (unpaired) electrons. The van der Waals surface area contributed by atoms with Gasteiger partial charge in [-0.1, -0.05) is 31.9 Å². The van der Waals surface area contributed by atoms with Crippen LogP contribution < -0.4 is 5.32 Å². The topological polar surface area (TPSA) is 63.2 Å². The van der Waals surface area contributed by atoms with Gasteiger partial charge in [0.25, 0.3) is 5.91 Å². The molecule has 0 bridgehead atoms. The summed E-state index contributed by atoms with van der Waals surface area (Å²) in [6.45, 7) is 9.47. The van der Waals surface area contributed by atoms with Crippen LogP contribution in [0.3, 0.4) is 0 Å². The lowest BCUT2D eigenvalue weighted by Gasteiger charge is -2.30. The van der Waals surface area contributed by atoms with Crippen molar-refractivity contribution in [1.82, 2.24) is 5.32 Å². The van der Waals surface area contributed by atoms with E-state index in [9.17, 15) is 13.2 Å². The van der Waals surface area contributed by atoms with E-state index >= 15 is 0 Å². The van der Waals surface area contributed by atoms with Gasteiger partial charge in [0.15, 0.2) is 9.84 Å². The fraction of sp³-hybridized carbons (Fsp3) is 0.708. The fourth-order valence-corrected chi connectivity index (χ4v) is 5.30. The molecule has 1 aromatic carbocycles. The number of hydrogen-bond donors (Lipinski definition) is 1. The Hall–Kier alpha value is -1.36. The Bertz CT molecular complexity index is 754. The molecule has 1 aliphatic rings. The monoisotopic (exact) mass is 421 g/mol. The molecule has 2 rings (SSSR count). The lowest BCUT2D eigenvalue weighted by atomic mass is 9.80. The second-order valence-corrected chi connectivity index (χ2v) is 12.6. The molecule has 0 saturated heterocycles. The third-order valence-electron chi connectivity index (χ3n) is 6.40. The van der Waals surface area contributed by atoms with E-state index in [1.807, 2.05) is 19.1 Å². The van der Waals surface area contributed by atoms with Gasteiger partial charge < -0.3 is 5.32 Å². The lowest BCUT2D eigenvalue weighted by molar-refractivity contribution is 0.0939. The van der Waals surface area contributed by atoms with Crippen molar-refractivity contribution in [1.29, 1.82) is 0 Å². The molecule has 1 amide bonds. The van der Waals surface area contributed by atoms with Crippen LogP contribution in [0.1, 0.15) is 89.1 Å². The first-order valence-corrected chi connectivity index (χ1v) is 12.8. The molecule has 1 aliphatic carbocycles. The van der Waals surface area contributed by atoms with Crippen LogP contribution in [0, 0.1) is 11.8 Å². The third kappa shape index (κ3) is 7.13. The van der Waals surface area contributed by atoms with Crippen LogP contribution in [0.15, 0.2) is 24.3 Å². The Labute approximate surface area is 177 Å². The third-order valence-corrected chi connectivity index (χ3v) is 9.18. The SMILES string of the molecule is CCC(C)NC(=O)c1ccc(CCC2CCC(CS(=O)(=O)C(C)(C)C)CC2)cc1. The Balaban J connectivity index is 1.77.